The highest BCUT2D eigenvalue weighted by atomic mass is 79.9. The highest BCUT2D eigenvalue weighted by Gasteiger charge is 2.31. The van der Waals surface area contributed by atoms with E-state index >= 15 is 0 Å². The summed E-state index contributed by atoms with van der Waals surface area (Å²) in [6.07, 6.45) is 0.726. The monoisotopic (exact) mass is 517 g/mol. The van der Waals surface area contributed by atoms with E-state index in [4.69, 9.17) is 5.73 Å². The van der Waals surface area contributed by atoms with Crippen LogP contribution in [0.15, 0.2) is 59.6 Å². The maximum absolute atomic E-state index is 13.3. The van der Waals surface area contributed by atoms with Gasteiger partial charge in [0.25, 0.3) is 5.91 Å². The fourth-order valence-electron chi connectivity index (χ4n) is 3.01. The summed E-state index contributed by atoms with van der Waals surface area (Å²) >= 11 is 3.31. The van der Waals surface area contributed by atoms with Crippen LogP contribution in [-0.2, 0) is 19.3 Å². The topological polar surface area (TPSA) is 111 Å². The fraction of sp³-hybridized carbons (Fsp3) is 0.143. The summed E-state index contributed by atoms with van der Waals surface area (Å²) in [5.41, 5.74) is 5.81. The lowest BCUT2D eigenvalue weighted by Crippen LogP contribution is -2.32. The summed E-state index contributed by atoms with van der Waals surface area (Å²) in [6, 6.07) is 7.07. The molecule has 4 heterocycles. The van der Waals surface area contributed by atoms with Gasteiger partial charge in [-0.25, -0.2) is 19.9 Å². The Morgan fingerprint density at radius 3 is 2.45 bits per heavy atom. The van der Waals surface area contributed by atoms with Crippen molar-refractivity contribution in [3.05, 3.63) is 82.4 Å². The Kier molecular flexibility index (Phi) is 6.18. The number of aromatic nitrogens is 5. The number of nitrogen functional groups attached to an aromatic ring is 1. The molecule has 1 amide bonds. The van der Waals surface area contributed by atoms with Crippen molar-refractivity contribution in [3.8, 4) is 0 Å². The summed E-state index contributed by atoms with van der Waals surface area (Å²) in [5.74, 6) is 0.175. The maximum Gasteiger partial charge on any atom is 0.417 e. The van der Waals surface area contributed by atoms with Gasteiger partial charge in [-0.1, -0.05) is 0 Å². The van der Waals surface area contributed by atoms with E-state index in [2.05, 4.69) is 40.8 Å². The SMILES string of the molecule is Nc1nc2cnc(C(=O)N(Cc3ccc(C(F)(F)F)cn3)Cc3ncccn3)cc2cc1Br. The Morgan fingerprint density at radius 1 is 1.03 bits per heavy atom. The van der Waals surface area contributed by atoms with Gasteiger partial charge in [0.1, 0.15) is 17.3 Å². The molecule has 0 spiro atoms. The number of fused-ring (bicyclic) bond motifs is 1. The second kappa shape index (κ2) is 9.06. The molecule has 0 saturated heterocycles. The molecule has 0 aromatic carbocycles. The zero-order chi connectivity index (χ0) is 23.6. The summed E-state index contributed by atoms with van der Waals surface area (Å²) in [4.78, 5) is 35.2. The first-order valence-electron chi connectivity index (χ1n) is 9.50. The van der Waals surface area contributed by atoms with Crippen LogP contribution in [0.1, 0.15) is 27.6 Å². The third kappa shape index (κ3) is 5.22. The van der Waals surface area contributed by atoms with Gasteiger partial charge in [0.05, 0.1) is 40.5 Å². The number of anilines is 1. The molecule has 0 bridgehead atoms. The molecule has 33 heavy (non-hydrogen) atoms. The van der Waals surface area contributed by atoms with Gasteiger partial charge < -0.3 is 10.6 Å². The van der Waals surface area contributed by atoms with Crippen LogP contribution in [0.2, 0.25) is 0 Å². The molecule has 0 radical (unpaired) electrons. The van der Waals surface area contributed by atoms with Crippen molar-refractivity contribution in [2.45, 2.75) is 19.3 Å². The number of hydrogen-bond acceptors (Lipinski definition) is 7. The van der Waals surface area contributed by atoms with Crippen molar-refractivity contribution in [2.24, 2.45) is 0 Å². The van der Waals surface area contributed by atoms with Gasteiger partial charge in [-0.15, -0.1) is 0 Å². The van der Waals surface area contributed by atoms with Crippen molar-refractivity contribution < 1.29 is 18.0 Å². The summed E-state index contributed by atoms with van der Waals surface area (Å²) in [7, 11) is 0. The predicted octanol–water partition coefficient (Wildman–Crippen LogP) is 4.02. The van der Waals surface area contributed by atoms with E-state index in [1.54, 1.807) is 18.2 Å². The third-order valence-corrected chi connectivity index (χ3v) is 5.28. The molecule has 4 aromatic heterocycles. The zero-order valence-electron chi connectivity index (χ0n) is 16.8. The van der Waals surface area contributed by atoms with Crippen LogP contribution in [-0.4, -0.2) is 35.7 Å². The van der Waals surface area contributed by atoms with E-state index in [-0.39, 0.29) is 24.5 Å². The first-order chi connectivity index (χ1) is 15.7. The molecule has 4 aromatic rings. The molecule has 168 valence electrons. The van der Waals surface area contributed by atoms with E-state index < -0.39 is 17.6 Å². The number of carbonyl (C=O) groups excluding carboxylic acids is 1. The van der Waals surface area contributed by atoms with Crippen molar-refractivity contribution in [1.29, 1.82) is 0 Å². The van der Waals surface area contributed by atoms with Crippen LogP contribution in [0.5, 0.6) is 0 Å². The molecule has 0 saturated carbocycles. The third-order valence-electron chi connectivity index (χ3n) is 4.64. The molecule has 2 N–H and O–H groups in total. The predicted molar refractivity (Wildman–Crippen MR) is 116 cm³/mol. The Balaban J connectivity index is 1.66. The van der Waals surface area contributed by atoms with Crippen molar-refractivity contribution in [1.82, 2.24) is 29.8 Å². The minimum absolute atomic E-state index is 0.00573. The second-order valence-corrected chi connectivity index (χ2v) is 7.83. The highest BCUT2D eigenvalue weighted by molar-refractivity contribution is 9.10. The number of carbonyl (C=O) groups is 1. The van der Waals surface area contributed by atoms with Gasteiger partial charge in [-0.05, 0) is 46.3 Å². The van der Waals surface area contributed by atoms with E-state index in [1.165, 1.54) is 29.6 Å². The standard InChI is InChI=1S/C21H15BrF3N7O/c22-15-6-12-7-16(30-9-17(12)31-19(15)26)20(33)32(11-18-27-4-1-5-28-18)10-14-3-2-13(8-29-14)21(23,24)25/h1-9H,10-11H2,(H2,26,31). The van der Waals surface area contributed by atoms with Crippen molar-refractivity contribution in [2.75, 3.05) is 5.73 Å². The van der Waals surface area contributed by atoms with Crippen LogP contribution in [0.3, 0.4) is 0 Å². The zero-order valence-corrected chi connectivity index (χ0v) is 18.4. The molecule has 0 aliphatic rings. The van der Waals surface area contributed by atoms with Gasteiger partial charge in [0.15, 0.2) is 0 Å². The lowest BCUT2D eigenvalue weighted by molar-refractivity contribution is -0.137. The van der Waals surface area contributed by atoms with E-state index in [9.17, 15) is 18.0 Å². The summed E-state index contributed by atoms with van der Waals surface area (Å²) in [6.45, 7) is -0.0651. The number of rotatable bonds is 5. The molecule has 0 atom stereocenters. The fourth-order valence-corrected chi connectivity index (χ4v) is 3.34. The minimum Gasteiger partial charge on any atom is -0.383 e. The number of amides is 1. The van der Waals surface area contributed by atoms with E-state index in [1.807, 2.05) is 0 Å². The van der Waals surface area contributed by atoms with Crippen molar-refractivity contribution in [3.63, 3.8) is 0 Å². The van der Waals surface area contributed by atoms with Gasteiger partial charge in [0, 0.05) is 24.0 Å². The van der Waals surface area contributed by atoms with Gasteiger partial charge in [-0.3, -0.25) is 9.78 Å². The second-order valence-electron chi connectivity index (χ2n) is 6.98. The number of halogens is 4. The maximum atomic E-state index is 13.3. The smallest absolute Gasteiger partial charge is 0.383 e. The normalized spacial score (nSPS) is 11.5. The lowest BCUT2D eigenvalue weighted by atomic mass is 10.2. The summed E-state index contributed by atoms with van der Waals surface area (Å²) in [5, 5.41) is 0.637. The molecule has 0 unspecified atom stereocenters. The van der Waals surface area contributed by atoms with Crippen LogP contribution < -0.4 is 5.73 Å². The average molecular weight is 518 g/mol. The lowest BCUT2D eigenvalue weighted by Gasteiger charge is -2.21. The molecular formula is C21H15BrF3N7O. The van der Waals surface area contributed by atoms with Crippen molar-refractivity contribution >= 4 is 38.6 Å². The first-order valence-corrected chi connectivity index (χ1v) is 10.3. The van der Waals surface area contributed by atoms with Gasteiger partial charge in [-0.2, -0.15) is 13.2 Å². The largest absolute Gasteiger partial charge is 0.417 e. The average Bonchev–Trinajstić information content (AvgIpc) is 2.79. The number of pyridine rings is 3. The Bertz CT molecular complexity index is 1300. The van der Waals surface area contributed by atoms with Crippen LogP contribution in [0.4, 0.5) is 19.0 Å². The summed E-state index contributed by atoms with van der Waals surface area (Å²) < 4.78 is 39.1. The Morgan fingerprint density at radius 2 is 1.79 bits per heavy atom. The Hall–Kier alpha value is -3.67. The van der Waals surface area contributed by atoms with Gasteiger partial charge in [0.2, 0.25) is 0 Å². The highest BCUT2D eigenvalue weighted by Crippen LogP contribution is 2.28. The number of nitrogens with zero attached hydrogens (tertiary/aromatic N) is 6. The number of alkyl halides is 3. The van der Waals surface area contributed by atoms with Crippen LogP contribution in [0, 0.1) is 0 Å². The number of nitrogens with two attached hydrogens (primary N) is 1. The van der Waals surface area contributed by atoms with Crippen LogP contribution >= 0.6 is 15.9 Å². The van der Waals surface area contributed by atoms with E-state index in [0.717, 1.165) is 12.3 Å². The minimum atomic E-state index is -4.50. The first kappa shape index (κ1) is 22.5. The molecule has 0 aliphatic carbocycles. The molecule has 8 nitrogen and oxygen atoms in total. The molecule has 4 rings (SSSR count). The quantitative estimate of drug-likeness (QED) is 0.425. The number of hydrogen-bond donors (Lipinski definition) is 1. The van der Waals surface area contributed by atoms with Gasteiger partial charge >= 0.3 is 6.18 Å². The van der Waals surface area contributed by atoms with Crippen LogP contribution in [0.25, 0.3) is 10.9 Å². The molecular weight excluding hydrogens is 503 g/mol. The molecule has 0 fully saturated rings. The molecule has 12 heteroatoms. The Labute approximate surface area is 193 Å². The molecule has 0 aliphatic heterocycles. The van der Waals surface area contributed by atoms with E-state index in [0.29, 0.717) is 27.0 Å².